The van der Waals surface area contributed by atoms with Gasteiger partial charge in [0.2, 0.25) is 0 Å². The number of hydrogen-bond donors (Lipinski definition) is 1. The molecule has 1 aromatic heterocycles. The molecule has 0 saturated carbocycles. The molecule has 0 atom stereocenters. The highest BCUT2D eigenvalue weighted by Gasteiger charge is 2.05. The Morgan fingerprint density at radius 1 is 1.22 bits per heavy atom. The fourth-order valence-electron chi connectivity index (χ4n) is 1.81. The van der Waals surface area contributed by atoms with Crippen LogP contribution in [0.25, 0.3) is 0 Å². The molecule has 0 saturated heterocycles. The van der Waals surface area contributed by atoms with Gasteiger partial charge in [0.25, 0.3) is 5.91 Å². The lowest BCUT2D eigenvalue weighted by molar-refractivity contribution is 0.0950. The molecule has 0 bridgehead atoms. The molecule has 1 N–H and O–H groups in total. The van der Waals surface area contributed by atoms with Crippen molar-refractivity contribution in [3.8, 4) is 5.75 Å². The van der Waals surface area contributed by atoms with Crippen molar-refractivity contribution in [2.45, 2.75) is 20.8 Å². The van der Waals surface area contributed by atoms with Crippen LogP contribution in [-0.2, 0) is 0 Å². The van der Waals surface area contributed by atoms with Crippen molar-refractivity contribution in [3.05, 3.63) is 59.9 Å². The predicted octanol–water partition coefficient (Wildman–Crippen LogP) is 3.27. The molecule has 0 spiro atoms. The molecule has 0 fully saturated rings. The van der Waals surface area contributed by atoms with Gasteiger partial charge >= 0.3 is 0 Å². The third kappa shape index (κ3) is 5.21. The maximum Gasteiger partial charge on any atom is 0.289 e. The second kappa shape index (κ2) is 8.08. The highest BCUT2D eigenvalue weighted by Crippen LogP contribution is 2.13. The van der Waals surface area contributed by atoms with Crippen LogP contribution in [0.15, 0.2) is 53.8 Å². The second-order valence-electron chi connectivity index (χ2n) is 5.58. The quantitative estimate of drug-likeness (QED) is 0.658. The number of aromatic nitrogens is 1. The molecule has 5 nitrogen and oxygen atoms in total. The van der Waals surface area contributed by atoms with Gasteiger partial charge in [0, 0.05) is 6.20 Å². The highest BCUT2D eigenvalue weighted by molar-refractivity contribution is 6.00. The number of ether oxygens (including phenoxy) is 1. The third-order valence-electron chi connectivity index (χ3n) is 3.08. The average Bonchev–Trinajstić information content (AvgIpc) is 2.58. The van der Waals surface area contributed by atoms with Gasteiger partial charge < -0.3 is 4.74 Å². The van der Waals surface area contributed by atoms with Crippen molar-refractivity contribution in [1.29, 1.82) is 0 Å². The number of rotatable bonds is 6. The Bertz CT molecular complexity index is 664. The summed E-state index contributed by atoms with van der Waals surface area (Å²) in [5, 5.41) is 4.11. The van der Waals surface area contributed by atoms with Crippen LogP contribution >= 0.6 is 0 Å². The fraction of sp³-hybridized carbons (Fsp3) is 0.278. The van der Waals surface area contributed by atoms with E-state index < -0.39 is 0 Å². The normalized spacial score (nSPS) is 11.4. The van der Waals surface area contributed by atoms with E-state index in [0.717, 1.165) is 11.3 Å². The van der Waals surface area contributed by atoms with Crippen LogP contribution < -0.4 is 10.2 Å². The van der Waals surface area contributed by atoms with E-state index in [-0.39, 0.29) is 5.91 Å². The molecule has 1 aromatic carbocycles. The molecule has 0 radical (unpaired) electrons. The lowest BCUT2D eigenvalue weighted by atomic mass is 10.1. The number of nitrogens with one attached hydrogen (secondary N) is 1. The van der Waals surface area contributed by atoms with Crippen molar-refractivity contribution in [1.82, 2.24) is 10.4 Å². The molecule has 2 rings (SSSR count). The van der Waals surface area contributed by atoms with Crippen LogP contribution in [0.3, 0.4) is 0 Å². The standard InChI is InChI=1S/C18H21N3O2/c1-13(2)12-23-16-9-7-15(8-10-16)14(3)20-21-18(22)17-6-4-5-11-19-17/h4-11,13H,12H2,1-3H3,(H,21,22)/b20-14-. The SMILES string of the molecule is C/C(=N/NC(=O)c1ccccn1)c1ccc(OCC(C)C)cc1. The third-order valence-corrected chi connectivity index (χ3v) is 3.08. The van der Waals surface area contributed by atoms with Gasteiger partial charge in [0.05, 0.1) is 12.3 Å². The number of carbonyl (C=O) groups is 1. The van der Waals surface area contributed by atoms with Crippen molar-refractivity contribution < 1.29 is 9.53 Å². The molecule has 1 amide bonds. The van der Waals surface area contributed by atoms with Crippen molar-refractivity contribution in [2.75, 3.05) is 6.61 Å². The van der Waals surface area contributed by atoms with Crippen LogP contribution in [0.1, 0.15) is 36.8 Å². The minimum Gasteiger partial charge on any atom is -0.493 e. The molecule has 0 aliphatic heterocycles. The molecule has 1 heterocycles. The largest absolute Gasteiger partial charge is 0.493 e. The van der Waals surface area contributed by atoms with E-state index in [1.165, 1.54) is 0 Å². The first kappa shape index (κ1) is 16.7. The monoisotopic (exact) mass is 311 g/mol. The van der Waals surface area contributed by atoms with Gasteiger partial charge in [0.15, 0.2) is 0 Å². The lowest BCUT2D eigenvalue weighted by Crippen LogP contribution is -2.20. The molecular weight excluding hydrogens is 290 g/mol. The summed E-state index contributed by atoms with van der Waals surface area (Å²) >= 11 is 0. The van der Waals surface area contributed by atoms with Crippen LogP contribution in [0.2, 0.25) is 0 Å². The van der Waals surface area contributed by atoms with Crippen molar-refractivity contribution >= 4 is 11.6 Å². The summed E-state index contributed by atoms with van der Waals surface area (Å²) in [7, 11) is 0. The summed E-state index contributed by atoms with van der Waals surface area (Å²) in [6.07, 6.45) is 1.57. The number of hydrazone groups is 1. The smallest absolute Gasteiger partial charge is 0.289 e. The Morgan fingerprint density at radius 3 is 2.57 bits per heavy atom. The van der Waals surface area contributed by atoms with Crippen LogP contribution in [0.4, 0.5) is 0 Å². The number of hydrogen-bond acceptors (Lipinski definition) is 4. The molecule has 23 heavy (non-hydrogen) atoms. The first-order valence-corrected chi connectivity index (χ1v) is 7.55. The van der Waals surface area contributed by atoms with Crippen molar-refractivity contribution in [2.24, 2.45) is 11.0 Å². The molecule has 0 aliphatic rings. The summed E-state index contributed by atoms with van der Waals surface area (Å²) in [6.45, 7) is 6.74. The van der Waals surface area contributed by atoms with Gasteiger partial charge in [-0.05, 0) is 54.8 Å². The number of carbonyl (C=O) groups excluding carboxylic acids is 1. The van der Waals surface area contributed by atoms with Gasteiger partial charge in [-0.1, -0.05) is 19.9 Å². The van der Waals surface area contributed by atoms with E-state index in [1.807, 2.05) is 31.2 Å². The van der Waals surface area contributed by atoms with Crippen molar-refractivity contribution in [3.63, 3.8) is 0 Å². The van der Waals surface area contributed by atoms with E-state index in [9.17, 15) is 4.79 Å². The molecule has 120 valence electrons. The summed E-state index contributed by atoms with van der Waals surface area (Å²) in [5.74, 6) is 0.981. The van der Waals surface area contributed by atoms with Crippen LogP contribution in [0, 0.1) is 5.92 Å². The first-order valence-electron chi connectivity index (χ1n) is 7.55. The molecule has 2 aromatic rings. The maximum atomic E-state index is 11.9. The maximum absolute atomic E-state index is 11.9. The Morgan fingerprint density at radius 2 is 1.96 bits per heavy atom. The van der Waals surface area contributed by atoms with Gasteiger partial charge in [-0.2, -0.15) is 5.10 Å². The van der Waals surface area contributed by atoms with E-state index >= 15 is 0 Å². The van der Waals surface area contributed by atoms with Gasteiger partial charge in [-0.3, -0.25) is 9.78 Å². The van der Waals surface area contributed by atoms with E-state index in [2.05, 4.69) is 29.4 Å². The van der Waals surface area contributed by atoms with E-state index in [0.29, 0.717) is 23.9 Å². The zero-order valence-electron chi connectivity index (χ0n) is 13.6. The lowest BCUT2D eigenvalue weighted by Gasteiger charge is -2.09. The Kier molecular flexibility index (Phi) is 5.86. The number of pyridine rings is 1. The van der Waals surface area contributed by atoms with Gasteiger partial charge in [0.1, 0.15) is 11.4 Å². The number of nitrogens with zero attached hydrogens (tertiary/aromatic N) is 2. The van der Waals surface area contributed by atoms with Crippen LogP contribution in [0.5, 0.6) is 5.75 Å². The molecule has 0 aliphatic carbocycles. The number of benzene rings is 1. The van der Waals surface area contributed by atoms with Gasteiger partial charge in [-0.15, -0.1) is 0 Å². The zero-order valence-corrected chi connectivity index (χ0v) is 13.6. The first-order chi connectivity index (χ1) is 11.1. The minimum absolute atomic E-state index is 0.332. The summed E-state index contributed by atoms with van der Waals surface area (Å²) in [5.41, 5.74) is 4.47. The fourth-order valence-corrected chi connectivity index (χ4v) is 1.81. The van der Waals surface area contributed by atoms with Gasteiger partial charge in [-0.25, -0.2) is 5.43 Å². The Labute approximate surface area is 136 Å². The highest BCUT2D eigenvalue weighted by atomic mass is 16.5. The number of amides is 1. The Hall–Kier alpha value is -2.69. The Balaban J connectivity index is 1.96. The zero-order chi connectivity index (χ0) is 16.7. The summed E-state index contributed by atoms with van der Waals surface area (Å²) in [4.78, 5) is 15.9. The average molecular weight is 311 g/mol. The van der Waals surface area contributed by atoms with Crippen LogP contribution in [-0.4, -0.2) is 23.2 Å². The summed E-state index contributed by atoms with van der Waals surface area (Å²) < 4.78 is 5.64. The minimum atomic E-state index is -0.332. The predicted molar refractivity (Wildman–Crippen MR) is 90.7 cm³/mol. The molecular formula is C18H21N3O2. The molecule has 5 heteroatoms. The topological polar surface area (TPSA) is 63.6 Å². The van der Waals surface area contributed by atoms with E-state index in [4.69, 9.17) is 4.74 Å². The summed E-state index contributed by atoms with van der Waals surface area (Å²) in [6, 6.07) is 12.8. The van der Waals surface area contributed by atoms with E-state index in [1.54, 1.807) is 24.4 Å². The molecule has 0 unspecified atom stereocenters. The second-order valence-corrected chi connectivity index (χ2v) is 5.58.